The van der Waals surface area contributed by atoms with Crippen LogP contribution in [-0.2, 0) is 27.4 Å². The van der Waals surface area contributed by atoms with Crippen LogP contribution in [0.4, 0.5) is 0 Å². The standard InChI is InChI=1S/C30H31NO5/c1-4-21-9-11-24(12-10-21)28(32)26-27(31(17-18-35-3)30(34)29(26)33)23-13-15-25(16-14-23)36-19-22-7-5-20(2)6-8-22/h5-16,27,32H,4,17-19H2,1-3H3/b28-26-. The van der Waals surface area contributed by atoms with Gasteiger partial charge in [0.05, 0.1) is 18.2 Å². The number of aliphatic hydroxyl groups is 1. The van der Waals surface area contributed by atoms with Crippen molar-refractivity contribution >= 4 is 17.4 Å². The maximum atomic E-state index is 13.1. The molecule has 0 saturated carbocycles. The molecule has 1 aliphatic heterocycles. The SMILES string of the molecule is CCc1ccc(/C(O)=C2/C(=O)C(=O)N(CCOC)C2c2ccc(OCc3ccc(C)cc3)cc2)cc1. The number of ether oxygens (including phenoxy) is 2. The quantitative estimate of drug-likeness (QED) is 0.256. The average Bonchev–Trinajstić information content (AvgIpc) is 3.16. The van der Waals surface area contributed by atoms with Gasteiger partial charge >= 0.3 is 0 Å². The molecule has 186 valence electrons. The van der Waals surface area contributed by atoms with Gasteiger partial charge in [0.1, 0.15) is 18.1 Å². The number of carbonyl (C=O) groups excluding carboxylic acids is 2. The van der Waals surface area contributed by atoms with E-state index in [9.17, 15) is 14.7 Å². The Labute approximate surface area is 211 Å². The number of rotatable bonds is 9. The minimum Gasteiger partial charge on any atom is -0.507 e. The van der Waals surface area contributed by atoms with Crippen molar-refractivity contribution in [1.29, 1.82) is 0 Å². The molecule has 0 radical (unpaired) electrons. The lowest BCUT2D eigenvalue weighted by Gasteiger charge is -2.25. The Balaban J connectivity index is 1.65. The van der Waals surface area contributed by atoms with Crippen LogP contribution < -0.4 is 4.74 Å². The monoisotopic (exact) mass is 485 g/mol. The fraction of sp³-hybridized carbons (Fsp3) is 0.267. The summed E-state index contributed by atoms with van der Waals surface area (Å²) in [6.07, 6.45) is 0.862. The van der Waals surface area contributed by atoms with E-state index in [1.54, 1.807) is 19.2 Å². The van der Waals surface area contributed by atoms with E-state index in [1.165, 1.54) is 10.5 Å². The number of carbonyl (C=O) groups is 2. The van der Waals surface area contributed by atoms with E-state index in [2.05, 4.69) is 0 Å². The maximum absolute atomic E-state index is 13.1. The summed E-state index contributed by atoms with van der Waals surface area (Å²) in [4.78, 5) is 27.5. The summed E-state index contributed by atoms with van der Waals surface area (Å²) < 4.78 is 11.1. The fourth-order valence-electron chi connectivity index (χ4n) is 4.30. The first-order valence-electron chi connectivity index (χ1n) is 12.1. The second-order valence-corrected chi connectivity index (χ2v) is 8.88. The van der Waals surface area contributed by atoms with Crippen molar-refractivity contribution < 1.29 is 24.2 Å². The lowest BCUT2D eigenvalue weighted by molar-refractivity contribution is -0.140. The predicted molar refractivity (Wildman–Crippen MR) is 139 cm³/mol. The smallest absolute Gasteiger partial charge is 0.295 e. The summed E-state index contributed by atoms with van der Waals surface area (Å²) in [6.45, 7) is 5.01. The maximum Gasteiger partial charge on any atom is 0.295 e. The summed E-state index contributed by atoms with van der Waals surface area (Å²) in [5, 5.41) is 11.2. The number of hydrogen-bond acceptors (Lipinski definition) is 5. The lowest BCUT2D eigenvalue weighted by Crippen LogP contribution is -2.32. The van der Waals surface area contributed by atoms with Crippen LogP contribution in [0.15, 0.2) is 78.4 Å². The Bertz CT molecular complexity index is 1240. The highest BCUT2D eigenvalue weighted by Gasteiger charge is 2.45. The Hall–Kier alpha value is -3.90. The van der Waals surface area contributed by atoms with Crippen LogP contribution >= 0.6 is 0 Å². The van der Waals surface area contributed by atoms with Gasteiger partial charge in [0.15, 0.2) is 0 Å². The molecule has 1 fully saturated rings. The fourth-order valence-corrected chi connectivity index (χ4v) is 4.30. The van der Waals surface area contributed by atoms with Gasteiger partial charge in [-0.25, -0.2) is 0 Å². The van der Waals surface area contributed by atoms with Crippen molar-refractivity contribution in [1.82, 2.24) is 4.90 Å². The number of nitrogens with zero attached hydrogens (tertiary/aromatic N) is 1. The third-order valence-electron chi connectivity index (χ3n) is 6.43. The molecule has 6 nitrogen and oxygen atoms in total. The molecular formula is C30H31NO5. The van der Waals surface area contributed by atoms with Crippen molar-refractivity contribution in [3.05, 3.63) is 106 Å². The molecule has 0 aromatic heterocycles. The van der Waals surface area contributed by atoms with E-state index < -0.39 is 17.7 Å². The number of likely N-dealkylation sites (tertiary alicyclic amines) is 1. The molecule has 0 aliphatic carbocycles. The summed E-state index contributed by atoms with van der Waals surface area (Å²) in [5.74, 6) is -0.861. The highest BCUT2D eigenvalue weighted by molar-refractivity contribution is 6.46. The molecule has 1 amide bonds. The molecule has 36 heavy (non-hydrogen) atoms. The number of hydrogen-bond donors (Lipinski definition) is 1. The van der Waals surface area contributed by atoms with Gasteiger partial charge in [-0.15, -0.1) is 0 Å². The topological polar surface area (TPSA) is 76.1 Å². The Morgan fingerprint density at radius 1 is 0.917 bits per heavy atom. The molecule has 1 saturated heterocycles. The Morgan fingerprint density at radius 2 is 1.56 bits per heavy atom. The lowest BCUT2D eigenvalue weighted by atomic mass is 9.95. The van der Waals surface area contributed by atoms with Gasteiger partial charge < -0.3 is 19.5 Å². The third kappa shape index (κ3) is 5.34. The summed E-state index contributed by atoms with van der Waals surface area (Å²) >= 11 is 0. The summed E-state index contributed by atoms with van der Waals surface area (Å²) in [5.41, 5.74) is 4.65. The highest BCUT2D eigenvalue weighted by atomic mass is 16.5. The van der Waals surface area contributed by atoms with Gasteiger partial charge in [-0.2, -0.15) is 0 Å². The predicted octanol–water partition coefficient (Wildman–Crippen LogP) is 5.20. The third-order valence-corrected chi connectivity index (χ3v) is 6.43. The van der Waals surface area contributed by atoms with Crippen molar-refractivity contribution in [2.45, 2.75) is 32.9 Å². The number of aryl methyl sites for hydroxylation is 2. The number of Topliss-reactive ketones (excluding diaryl/α,β-unsaturated/α-hetero) is 1. The van der Waals surface area contributed by atoms with Gasteiger partial charge in [0.2, 0.25) is 0 Å². The van der Waals surface area contributed by atoms with Crippen LogP contribution in [0.25, 0.3) is 5.76 Å². The Kier molecular flexibility index (Phi) is 7.86. The molecule has 1 heterocycles. The van der Waals surface area contributed by atoms with E-state index in [1.807, 2.05) is 74.5 Å². The van der Waals surface area contributed by atoms with Crippen LogP contribution in [-0.4, -0.2) is 42.0 Å². The molecule has 0 bridgehead atoms. The van der Waals surface area contributed by atoms with Gasteiger partial charge in [0, 0.05) is 19.2 Å². The van der Waals surface area contributed by atoms with Gasteiger partial charge in [0.25, 0.3) is 11.7 Å². The molecule has 1 atom stereocenters. The van der Waals surface area contributed by atoms with Crippen LogP contribution in [0.3, 0.4) is 0 Å². The van der Waals surface area contributed by atoms with Gasteiger partial charge in [-0.3, -0.25) is 9.59 Å². The number of methoxy groups -OCH3 is 1. The van der Waals surface area contributed by atoms with Gasteiger partial charge in [-0.1, -0.05) is 73.2 Å². The first-order chi connectivity index (χ1) is 17.4. The minimum absolute atomic E-state index is 0.0775. The first kappa shape index (κ1) is 25.2. The normalized spacial score (nSPS) is 17.0. The highest BCUT2D eigenvalue weighted by Crippen LogP contribution is 2.39. The van der Waals surface area contributed by atoms with E-state index in [0.717, 1.165) is 17.5 Å². The van der Waals surface area contributed by atoms with Gasteiger partial charge in [-0.05, 0) is 42.2 Å². The number of ketones is 1. The van der Waals surface area contributed by atoms with E-state index in [0.29, 0.717) is 23.5 Å². The summed E-state index contributed by atoms with van der Waals surface area (Å²) in [7, 11) is 1.54. The molecule has 4 rings (SSSR count). The zero-order chi connectivity index (χ0) is 25.7. The second kappa shape index (κ2) is 11.2. The Morgan fingerprint density at radius 3 is 2.17 bits per heavy atom. The van der Waals surface area contributed by atoms with Crippen LogP contribution in [0.5, 0.6) is 5.75 Å². The largest absolute Gasteiger partial charge is 0.507 e. The van der Waals surface area contributed by atoms with Crippen LogP contribution in [0, 0.1) is 6.92 Å². The van der Waals surface area contributed by atoms with Crippen molar-refractivity contribution in [3.8, 4) is 5.75 Å². The van der Waals surface area contributed by atoms with Crippen LogP contribution in [0.2, 0.25) is 0 Å². The van der Waals surface area contributed by atoms with E-state index in [4.69, 9.17) is 9.47 Å². The minimum atomic E-state index is -0.725. The zero-order valence-corrected chi connectivity index (χ0v) is 20.9. The molecule has 6 heteroatoms. The molecule has 1 N–H and O–H groups in total. The van der Waals surface area contributed by atoms with Crippen molar-refractivity contribution in [2.75, 3.05) is 20.3 Å². The first-order valence-corrected chi connectivity index (χ1v) is 12.1. The van der Waals surface area contributed by atoms with Crippen molar-refractivity contribution in [2.24, 2.45) is 0 Å². The molecule has 0 spiro atoms. The summed E-state index contributed by atoms with van der Waals surface area (Å²) in [6, 6.07) is 22.1. The van der Waals surface area contributed by atoms with E-state index >= 15 is 0 Å². The number of benzene rings is 3. The zero-order valence-electron chi connectivity index (χ0n) is 20.9. The average molecular weight is 486 g/mol. The molecule has 1 aliphatic rings. The second-order valence-electron chi connectivity index (χ2n) is 8.88. The van der Waals surface area contributed by atoms with E-state index in [-0.39, 0.29) is 24.5 Å². The molecular weight excluding hydrogens is 454 g/mol. The van der Waals surface area contributed by atoms with Crippen LogP contribution in [0.1, 0.15) is 40.8 Å². The molecule has 1 unspecified atom stereocenters. The number of amides is 1. The van der Waals surface area contributed by atoms with Crippen molar-refractivity contribution in [3.63, 3.8) is 0 Å². The molecule has 3 aromatic rings. The molecule has 3 aromatic carbocycles. The number of aliphatic hydroxyl groups excluding tert-OH is 1.